The first-order valence-electron chi connectivity index (χ1n) is 6.77. The molecule has 0 bridgehead atoms. The zero-order valence-corrected chi connectivity index (χ0v) is 11.1. The van der Waals surface area contributed by atoms with Crippen LogP contribution in [0.15, 0.2) is 48.5 Å². The molecule has 0 fully saturated rings. The van der Waals surface area contributed by atoms with Gasteiger partial charge < -0.3 is 16.0 Å². The Labute approximate surface area is 121 Å². The van der Waals surface area contributed by atoms with Crippen molar-refractivity contribution < 1.29 is 9.59 Å². The molecule has 0 saturated carbocycles. The van der Waals surface area contributed by atoms with Crippen LogP contribution < -0.4 is 16.0 Å². The maximum atomic E-state index is 12.7. The van der Waals surface area contributed by atoms with Gasteiger partial charge in [0.25, 0.3) is 5.91 Å². The van der Waals surface area contributed by atoms with Crippen molar-refractivity contribution in [3.8, 4) is 0 Å². The SMILES string of the molecule is O=C1CC2(Nc3ccccc3NC2=O)c2ccccc2N1. The minimum atomic E-state index is -1.05. The molecule has 0 aliphatic carbocycles. The number of hydrogen-bond donors (Lipinski definition) is 3. The first-order chi connectivity index (χ1) is 10.2. The van der Waals surface area contributed by atoms with E-state index in [-0.39, 0.29) is 18.2 Å². The van der Waals surface area contributed by atoms with E-state index in [0.717, 1.165) is 16.9 Å². The van der Waals surface area contributed by atoms with Gasteiger partial charge in [0.1, 0.15) is 0 Å². The summed E-state index contributed by atoms with van der Waals surface area (Å²) in [5.74, 6) is -0.376. The highest BCUT2D eigenvalue weighted by Crippen LogP contribution is 2.43. The molecule has 0 radical (unpaired) electrons. The summed E-state index contributed by atoms with van der Waals surface area (Å²) in [7, 11) is 0. The summed E-state index contributed by atoms with van der Waals surface area (Å²) in [5.41, 5.74) is 1.97. The van der Waals surface area contributed by atoms with E-state index in [1.165, 1.54) is 0 Å². The van der Waals surface area contributed by atoms with Crippen LogP contribution in [0.4, 0.5) is 17.1 Å². The highest BCUT2D eigenvalue weighted by molar-refractivity contribution is 6.12. The van der Waals surface area contributed by atoms with E-state index in [2.05, 4.69) is 16.0 Å². The van der Waals surface area contributed by atoms with Gasteiger partial charge in [0.2, 0.25) is 5.91 Å². The van der Waals surface area contributed by atoms with E-state index in [4.69, 9.17) is 0 Å². The molecule has 0 aromatic heterocycles. The van der Waals surface area contributed by atoms with Gasteiger partial charge in [-0.25, -0.2) is 0 Å². The Hall–Kier alpha value is -2.82. The highest BCUT2D eigenvalue weighted by atomic mass is 16.2. The van der Waals surface area contributed by atoms with Crippen LogP contribution in [0.2, 0.25) is 0 Å². The molecule has 0 saturated heterocycles. The third-order valence-corrected chi connectivity index (χ3v) is 4.00. The second-order valence-electron chi connectivity index (χ2n) is 5.30. The first-order valence-corrected chi connectivity index (χ1v) is 6.77. The second-order valence-corrected chi connectivity index (χ2v) is 5.30. The molecule has 1 atom stereocenters. The van der Waals surface area contributed by atoms with E-state index >= 15 is 0 Å². The Balaban J connectivity index is 1.92. The number of carbonyl (C=O) groups is 2. The van der Waals surface area contributed by atoms with Crippen molar-refractivity contribution in [2.24, 2.45) is 0 Å². The van der Waals surface area contributed by atoms with Crippen LogP contribution in [0.25, 0.3) is 0 Å². The summed E-state index contributed by atoms with van der Waals surface area (Å²) in [6.07, 6.45) is 0.0736. The van der Waals surface area contributed by atoms with Gasteiger partial charge >= 0.3 is 0 Å². The Morgan fingerprint density at radius 1 is 0.810 bits per heavy atom. The highest BCUT2D eigenvalue weighted by Gasteiger charge is 2.48. The lowest BCUT2D eigenvalue weighted by atomic mass is 9.80. The maximum absolute atomic E-state index is 12.7. The monoisotopic (exact) mass is 279 g/mol. The molecule has 2 aromatic rings. The summed E-state index contributed by atoms with van der Waals surface area (Å²) in [6, 6.07) is 14.9. The van der Waals surface area contributed by atoms with E-state index in [1.54, 1.807) is 0 Å². The predicted octanol–water partition coefficient (Wildman–Crippen LogP) is 2.29. The number of amides is 2. The maximum Gasteiger partial charge on any atom is 0.255 e. The van der Waals surface area contributed by atoms with Crippen LogP contribution in [0.3, 0.4) is 0 Å². The van der Waals surface area contributed by atoms with Crippen molar-refractivity contribution >= 4 is 28.9 Å². The van der Waals surface area contributed by atoms with Crippen molar-refractivity contribution in [3.05, 3.63) is 54.1 Å². The van der Waals surface area contributed by atoms with Crippen LogP contribution in [-0.4, -0.2) is 11.8 Å². The lowest BCUT2D eigenvalue weighted by molar-refractivity contribution is -0.126. The first kappa shape index (κ1) is 12.0. The molecule has 2 aliphatic heterocycles. The van der Waals surface area contributed by atoms with Crippen LogP contribution >= 0.6 is 0 Å². The predicted molar refractivity (Wildman–Crippen MR) is 80.1 cm³/mol. The zero-order chi connectivity index (χ0) is 14.4. The number of rotatable bonds is 0. The number of hydrogen-bond acceptors (Lipinski definition) is 3. The van der Waals surface area contributed by atoms with Crippen molar-refractivity contribution in [3.63, 3.8) is 0 Å². The summed E-state index contributed by atoms with van der Waals surface area (Å²) in [4.78, 5) is 24.7. The molecular formula is C16H13N3O2. The summed E-state index contributed by atoms with van der Waals surface area (Å²) in [6.45, 7) is 0. The normalized spacial score (nSPS) is 22.7. The van der Waals surface area contributed by atoms with Gasteiger partial charge in [-0.2, -0.15) is 0 Å². The van der Waals surface area contributed by atoms with Gasteiger partial charge in [0.15, 0.2) is 5.54 Å². The molecule has 5 heteroatoms. The van der Waals surface area contributed by atoms with Crippen LogP contribution in [0.1, 0.15) is 12.0 Å². The van der Waals surface area contributed by atoms with Crippen molar-refractivity contribution in [2.45, 2.75) is 12.0 Å². The largest absolute Gasteiger partial charge is 0.365 e. The molecule has 3 N–H and O–H groups in total. The van der Waals surface area contributed by atoms with Gasteiger partial charge in [0.05, 0.1) is 17.8 Å². The van der Waals surface area contributed by atoms with Crippen LogP contribution in [-0.2, 0) is 15.1 Å². The van der Waals surface area contributed by atoms with Gasteiger partial charge in [0, 0.05) is 11.3 Å². The number of carbonyl (C=O) groups excluding carboxylic acids is 2. The summed E-state index contributed by atoms with van der Waals surface area (Å²) >= 11 is 0. The molecule has 2 aromatic carbocycles. The number of anilines is 3. The van der Waals surface area contributed by atoms with Gasteiger partial charge in [-0.05, 0) is 18.2 Å². The van der Waals surface area contributed by atoms with E-state index in [1.807, 2.05) is 48.5 Å². The topological polar surface area (TPSA) is 70.2 Å². The Morgan fingerprint density at radius 3 is 2.29 bits per heavy atom. The molecule has 2 aliphatic rings. The van der Waals surface area contributed by atoms with Crippen LogP contribution in [0, 0.1) is 0 Å². The quantitative estimate of drug-likeness (QED) is 0.693. The molecule has 104 valence electrons. The molecule has 21 heavy (non-hydrogen) atoms. The number of nitrogens with one attached hydrogen (secondary N) is 3. The molecule has 5 nitrogen and oxygen atoms in total. The summed E-state index contributed by atoms with van der Waals surface area (Å²) in [5, 5.41) is 8.99. The Morgan fingerprint density at radius 2 is 1.48 bits per heavy atom. The Kier molecular flexibility index (Phi) is 2.33. The molecule has 4 rings (SSSR count). The lowest BCUT2D eigenvalue weighted by Gasteiger charge is -2.41. The van der Waals surface area contributed by atoms with Crippen molar-refractivity contribution in [1.29, 1.82) is 0 Å². The lowest BCUT2D eigenvalue weighted by Crippen LogP contribution is -2.54. The molecular weight excluding hydrogens is 266 g/mol. The van der Waals surface area contributed by atoms with Crippen molar-refractivity contribution in [1.82, 2.24) is 0 Å². The third-order valence-electron chi connectivity index (χ3n) is 4.00. The fourth-order valence-electron chi connectivity index (χ4n) is 3.03. The molecule has 1 spiro atoms. The Bertz CT molecular complexity index is 772. The fraction of sp³-hybridized carbons (Fsp3) is 0.125. The van der Waals surface area contributed by atoms with Gasteiger partial charge in [-0.15, -0.1) is 0 Å². The number of benzene rings is 2. The van der Waals surface area contributed by atoms with Gasteiger partial charge in [-0.3, -0.25) is 9.59 Å². The number of para-hydroxylation sites is 3. The molecule has 2 heterocycles. The van der Waals surface area contributed by atoms with E-state index < -0.39 is 5.54 Å². The summed E-state index contributed by atoms with van der Waals surface area (Å²) < 4.78 is 0. The fourth-order valence-corrected chi connectivity index (χ4v) is 3.03. The standard InChI is InChI=1S/C16H13N3O2/c20-14-9-16(10-5-1-2-6-11(10)17-14)15(21)18-12-7-3-4-8-13(12)19-16/h1-8,19H,9H2,(H,17,20)(H,18,21). The average Bonchev–Trinajstić information content (AvgIpc) is 2.48. The third kappa shape index (κ3) is 1.64. The number of fused-ring (bicyclic) bond motifs is 3. The minimum absolute atomic E-state index is 0.0736. The second kappa shape index (κ2) is 4.09. The van der Waals surface area contributed by atoms with Crippen molar-refractivity contribution in [2.75, 3.05) is 16.0 Å². The van der Waals surface area contributed by atoms with Gasteiger partial charge in [-0.1, -0.05) is 30.3 Å². The van der Waals surface area contributed by atoms with E-state index in [9.17, 15) is 9.59 Å². The van der Waals surface area contributed by atoms with Crippen LogP contribution in [0.5, 0.6) is 0 Å². The zero-order valence-electron chi connectivity index (χ0n) is 11.1. The smallest absolute Gasteiger partial charge is 0.255 e. The minimum Gasteiger partial charge on any atom is -0.365 e. The molecule has 1 unspecified atom stereocenters. The average molecular weight is 279 g/mol. The molecule has 2 amide bonds. The van der Waals surface area contributed by atoms with E-state index in [0.29, 0.717) is 5.69 Å².